The van der Waals surface area contributed by atoms with Crippen LogP contribution < -0.4 is 10.3 Å². The van der Waals surface area contributed by atoms with Crippen LogP contribution in [-0.4, -0.2) is 83.5 Å². The average molecular weight is 434 g/mol. The van der Waals surface area contributed by atoms with Crippen LogP contribution in [0.4, 0.5) is 10.5 Å². The van der Waals surface area contributed by atoms with E-state index in [1.807, 2.05) is 31.8 Å². The minimum absolute atomic E-state index is 0.128. The van der Waals surface area contributed by atoms with Gasteiger partial charge in [0.05, 0.1) is 5.69 Å². The van der Waals surface area contributed by atoms with Crippen molar-refractivity contribution in [3.63, 3.8) is 0 Å². The number of carboxylic acids is 1. The SMILES string of the molecule is CC(C)(C)OC(=O)NN1CCC(CCN2CCN(c3cccnc3C(=O)O)CC2)CC1. The van der Waals surface area contributed by atoms with Gasteiger partial charge in [-0.25, -0.2) is 19.6 Å². The molecule has 0 spiro atoms. The largest absolute Gasteiger partial charge is 0.476 e. The number of hydrazine groups is 1. The minimum atomic E-state index is -0.981. The number of nitrogens with one attached hydrogen (secondary N) is 1. The van der Waals surface area contributed by atoms with E-state index >= 15 is 0 Å². The van der Waals surface area contributed by atoms with Crippen molar-refractivity contribution < 1.29 is 19.4 Å². The molecule has 2 N–H and O–H groups in total. The van der Waals surface area contributed by atoms with E-state index in [1.54, 1.807) is 6.07 Å². The van der Waals surface area contributed by atoms with Crippen LogP contribution in [0.2, 0.25) is 0 Å². The second kappa shape index (κ2) is 10.3. The molecule has 31 heavy (non-hydrogen) atoms. The maximum atomic E-state index is 11.9. The predicted molar refractivity (Wildman–Crippen MR) is 118 cm³/mol. The van der Waals surface area contributed by atoms with E-state index in [1.165, 1.54) is 6.20 Å². The molecular formula is C22H35N5O4. The molecule has 0 aromatic carbocycles. The molecule has 0 bridgehead atoms. The lowest BCUT2D eigenvalue weighted by molar-refractivity contribution is 0.0257. The first-order chi connectivity index (χ1) is 14.7. The van der Waals surface area contributed by atoms with Gasteiger partial charge in [-0.2, -0.15) is 0 Å². The summed E-state index contributed by atoms with van der Waals surface area (Å²) >= 11 is 0. The van der Waals surface area contributed by atoms with Crippen molar-refractivity contribution in [2.75, 3.05) is 50.7 Å². The average Bonchev–Trinajstić information content (AvgIpc) is 2.72. The Morgan fingerprint density at radius 3 is 2.45 bits per heavy atom. The highest BCUT2D eigenvalue weighted by molar-refractivity contribution is 5.92. The Hall–Kier alpha value is -2.39. The third kappa shape index (κ3) is 7.07. The summed E-state index contributed by atoms with van der Waals surface area (Å²) in [5, 5.41) is 11.3. The van der Waals surface area contributed by atoms with E-state index in [0.717, 1.165) is 65.1 Å². The Morgan fingerprint density at radius 2 is 1.84 bits per heavy atom. The molecule has 9 nitrogen and oxygen atoms in total. The standard InChI is InChI=1S/C22H35N5O4/c1-22(2,3)31-21(30)24-27-11-7-17(8-12-27)6-10-25-13-15-26(16-14-25)18-5-4-9-23-19(18)20(28)29/h4-5,9,17H,6-8,10-16H2,1-3H3,(H,24,30)(H,28,29). The summed E-state index contributed by atoms with van der Waals surface area (Å²) in [6.45, 7) is 11.8. The Morgan fingerprint density at radius 1 is 1.16 bits per heavy atom. The first kappa shape index (κ1) is 23.3. The number of ether oxygens (including phenoxy) is 1. The monoisotopic (exact) mass is 433 g/mol. The summed E-state index contributed by atoms with van der Waals surface area (Å²) in [4.78, 5) is 31.9. The van der Waals surface area contributed by atoms with Gasteiger partial charge in [0, 0.05) is 45.5 Å². The molecule has 3 rings (SSSR count). The third-order valence-corrected chi connectivity index (χ3v) is 5.82. The number of carboxylic acid groups (broad SMARTS) is 1. The normalized spacial score (nSPS) is 19.3. The highest BCUT2D eigenvalue weighted by atomic mass is 16.6. The first-order valence-electron chi connectivity index (χ1n) is 11.1. The van der Waals surface area contributed by atoms with Gasteiger partial charge in [-0.05, 0) is 64.6 Å². The fourth-order valence-corrected chi connectivity index (χ4v) is 4.16. The highest BCUT2D eigenvalue weighted by Gasteiger charge is 2.25. The molecule has 0 radical (unpaired) electrons. The van der Waals surface area contributed by atoms with Crippen LogP contribution in [0.3, 0.4) is 0 Å². The van der Waals surface area contributed by atoms with Crippen molar-refractivity contribution in [3.8, 4) is 0 Å². The smallest absolute Gasteiger partial charge is 0.422 e. The van der Waals surface area contributed by atoms with Crippen LogP contribution in [0.25, 0.3) is 0 Å². The molecule has 172 valence electrons. The molecule has 0 aliphatic carbocycles. The molecule has 2 aliphatic heterocycles. The second-order valence-corrected chi connectivity index (χ2v) is 9.34. The first-order valence-corrected chi connectivity index (χ1v) is 11.1. The Bertz CT molecular complexity index is 751. The van der Waals surface area contributed by atoms with Gasteiger partial charge in [0.15, 0.2) is 5.69 Å². The predicted octanol–water partition coefficient (Wildman–Crippen LogP) is 2.44. The molecular weight excluding hydrogens is 398 g/mol. The van der Waals surface area contributed by atoms with Crippen molar-refractivity contribution in [1.29, 1.82) is 0 Å². The topological polar surface area (TPSA) is 98.2 Å². The number of carbonyl (C=O) groups excluding carboxylic acids is 1. The molecule has 3 heterocycles. The quantitative estimate of drug-likeness (QED) is 0.706. The van der Waals surface area contributed by atoms with Gasteiger partial charge in [-0.1, -0.05) is 0 Å². The Balaban J connectivity index is 1.36. The molecule has 1 aromatic rings. The number of carbonyl (C=O) groups is 2. The summed E-state index contributed by atoms with van der Waals surface area (Å²) in [5.41, 5.74) is 3.19. The fraction of sp³-hybridized carbons (Fsp3) is 0.682. The summed E-state index contributed by atoms with van der Waals surface area (Å²) in [7, 11) is 0. The zero-order valence-electron chi connectivity index (χ0n) is 18.8. The van der Waals surface area contributed by atoms with Crippen molar-refractivity contribution in [3.05, 3.63) is 24.0 Å². The number of amides is 1. The zero-order chi connectivity index (χ0) is 22.4. The number of rotatable bonds is 6. The highest BCUT2D eigenvalue weighted by Crippen LogP contribution is 2.23. The number of aromatic carboxylic acids is 1. The van der Waals surface area contributed by atoms with Gasteiger partial charge in [-0.15, -0.1) is 0 Å². The molecule has 0 unspecified atom stereocenters. The molecule has 1 aromatic heterocycles. The van der Waals surface area contributed by atoms with E-state index in [-0.39, 0.29) is 11.8 Å². The number of pyridine rings is 1. The van der Waals surface area contributed by atoms with Crippen molar-refractivity contribution in [2.24, 2.45) is 5.92 Å². The van der Waals surface area contributed by atoms with Gasteiger partial charge in [-0.3, -0.25) is 10.3 Å². The number of aromatic nitrogens is 1. The van der Waals surface area contributed by atoms with Crippen molar-refractivity contribution >= 4 is 17.7 Å². The van der Waals surface area contributed by atoms with Crippen LogP contribution in [-0.2, 0) is 4.74 Å². The van der Waals surface area contributed by atoms with Crippen molar-refractivity contribution in [2.45, 2.75) is 45.6 Å². The van der Waals surface area contributed by atoms with E-state index in [9.17, 15) is 14.7 Å². The number of hydrogen-bond acceptors (Lipinski definition) is 7. The number of piperazine rings is 1. The van der Waals surface area contributed by atoms with Gasteiger partial charge < -0.3 is 14.7 Å². The summed E-state index contributed by atoms with van der Waals surface area (Å²) in [5.74, 6) is -0.322. The van der Waals surface area contributed by atoms with Crippen molar-refractivity contribution in [1.82, 2.24) is 20.3 Å². The lowest BCUT2D eigenvalue weighted by Crippen LogP contribution is -2.49. The Kier molecular flexibility index (Phi) is 7.72. The number of anilines is 1. The van der Waals surface area contributed by atoms with Crippen LogP contribution in [0.15, 0.2) is 18.3 Å². The summed E-state index contributed by atoms with van der Waals surface area (Å²) in [6.07, 6.45) is 4.41. The maximum Gasteiger partial charge on any atom is 0.422 e. The van der Waals surface area contributed by atoms with E-state index in [0.29, 0.717) is 11.6 Å². The van der Waals surface area contributed by atoms with Gasteiger partial charge >= 0.3 is 12.1 Å². The fourth-order valence-electron chi connectivity index (χ4n) is 4.16. The number of hydrogen-bond donors (Lipinski definition) is 2. The van der Waals surface area contributed by atoms with E-state index < -0.39 is 11.6 Å². The molecule has 2 fully saturated rings. The van der Waals surface area contributed by atoms with Crippen LogP contribution in [0.1, 0.15) is 50.5 Å². The van der Waals surface area contributed by atoms with Gasteiger partial charge in [0.2, 0.25) is 0 Å². The lowest BCUT2D eigenvalue weighted by atomic mass is 9.94. The second-order valence-electron chi connectivity index (χ2n) is 9.34. The maximum absolute atomic E-state index is 11.9. The zero-order valence-corrected chi connectivity index (χ0v) is 18.8. The van der Waals surface area contributed by atoms with Gasteiger partial charge in [0.25, 0.3) is 0 Å². The lowest BCUT2D eigenvalue weighted by Gasteiger charge is -2.37. The van der Waals surface area contributed by atoms with Gasteiger partial charge in [0.1, 0.15) is 5.60 Å². The molecule has 2 aliphatic rings. The molecule has 0 saturated carbocycles. The molecule has 1 amide bonds. The Labute approximate surface area is 184 Å². The third-order valence-electron chi connectivity index (χ3n) is 5.82. The van der Waals surface area contributed by atoms with Crippen LogP contribution in [0.5, 0.6) is 0 Å². The van der Waals surface area contributed by atoms with Crippen LogP contribution in [0, 0.1) is 5.92 Å². The molecule has 0 atom stereocenters. The van der Waals surface area contributed by atoms with Crippen LogP contribution >= 0.6 is 0 Å². The minimum Gasteiger partial charge on any atom is -0.476 e. The summed E-state index contributed by atoms with van der Waals surface area (Å²) < 4.78 is 5.32. The number of piperidine rings is 1. The molecule has 2 saturated heterocycles. The summed E-state index contributed by atoms with van der Waals surface area (Å²) in [6, 6.07) is 3.63. The van der Waals surface area contributed by atoms with E-state index in [4.69, 9.17) is 4.74 Å². The molecule has 9 heteroatoms. The number of nitrogens with zero attached hydrogens (tertiary/aromatic N) is 4. The van der Waals surface area contributed by atoms with E-state index in [2.05, 4.69) is 20.2 Å².